The van der Waals surface area contributed by atoms with E-state index in [1.54, 1.807) is 0 Å². The van der Waals surface area contributed by atoms with Gasteiger partial charge in [-0.25, -0.2) is 14.4 Å². The number of hydrogen-bond donors (Lipinski definition) is 1. The molecule has 0 radical (unpaired) electrons. The van der Waals surface area contributed by atoms with Crippen LogP contribution < -0.4 is 0 Å². The number of ether oxygens (including phenoxy) is 4. The normalized spacial score (nSPS) is 22.9. The van der Waals surface area contributed by atoms with E-state index in [-0.39, 0.29) is 12.6 Å². The Kier molecular flexibility index (Phi) is 15.2. The van der Waals surface area contributed by atoms with E-state index >= 15 is 0 Å². The first-order chi connectivity index (χ1) is 23.3. The van der Waals surface area contributed by atoms with Gasteiger partial charge in [0.25, 0.3) is 0 Å². The minimum absolute atomic E-state index is 0.223. The average Bonchev–Trinajstić information content (AvgIpc) is 3.57. The number of carboxylic acid groups (broad SMARTS) is 1. The molecule has 0 spiro atoms. The summed E-state index contributed by atoms with van der Waals surface area (Å²) in [7, 11) is 0. The average molecular weight is 663 g/mol. The van der Waals surface area contributed by atoms with E-state index < -0.39 is 30.4 Å². The highest BCUT2D eigenvalue weighted by molar-refractivity contribution is 5.85. The molecule has 8 heteroatoms. The molecule has 2 aliphatic rings. The Balaban J connectivity index is 1.27. The van der Waals surface area contributed by atoms with Crippen molar-refractivity contribution in [1.29, 1.82) is 0 Å². The minimum Gasteiger partial charge on any atom is -0.479 e. The van der Waals surface area contributed by atoms with Crippen molar-refractivity contribution in [3.63, 3.8) is 0 Å². The van der Waals surface area contributed by atoms with Gasteiger partial charge in [-0.3, -0.25) is 0 Å². The van der Waals surface area contributed by atoms with E-state index in [0.29, 0.717) is 24.5 Å². The first-order valence-electron chi connectivity index (χ1n) is 18.0. The van der Waals surface area contributed by atoms with Crippen LogP contribution in [0.2, 0.25) is 0 Å². The smallest absolute Gasteiger partial charge is 0.338 e. The van der Waals surface area contributed by atoms with E-state index in [4.69, 9.17) is 18.9 Å². The van der Waals surface area contributed by atoms with E-state index in [2.05, 4.69) is 37.8 Å². The Morgan fingerprint density at radius 3 is 2.06 bits per heavy atom. The van der Waals surface area contributed by atoms with Crippen molar-refractivity contribution in [2.45, 2.75) is 122 Å². The Hall–Kier alpha value is -3.49. The summed E-state index contributed by atoms with van der Waals surface area (Å²) in [6, 6.07) is 16.6. The second kappa shape index (κ2) is 19.5. The third kappa shape index (κ3) is 10.8. The number of rotatable bonds is 19. The molecular formula is C40H54O8. The molecule has 1 aliphatic carbocycles. The molecule has 4 rings (SSSR count). The van der Waals surface area contributed by atoms with Gasteiger partial charge in [0.1, 0.15) is 0 Å². The van der Waals surface area contributed by atoms with Crippen molar-refractivity contribution in [2.24, 2.45) is 11.8 Å². The van der Waals surface area contributed by atoms with Crippen LogP contribution in [0, 0.1) is 11.8 Å². The van der Waals surface area contributed by atoms with Crippen LogP contribution >= 0.6 is 0 Å². The summed E-state index contributed by atoms with van der Waals surface area (Å²) in [5.41, 5.74) is 4.22. The van der Waals surface area contributed by atoms with Gasteiger partial charge >= 0.3 is 17.9 Å². The van der Waals surface area contributed by atoms with Gasteiger partial charge in [0.2, 0.25) is 0 Å². The fraction of sp³-hybridized carbons (Fsp3) is 0.575. The second-order valence-electron chi connectivity index (χ2n) is 13.3. The lowest BCUT2D eigenvalue weighted by atomic mass is 9.71. The third-order valence-corrected chi connectivity index (χ3v) is 9.87. The summed E-state index contributed by atoms with van der Waals surface area (Å²) in [5, 5.41) is 9.61. The number of aliphatic carboxylic acids is 1. The van der Waals surface area contributed by atoms with Crippen LogP contribution in [0.25, 0.3) is 11.1 Å². The van der Waals surface area contributed by atoms with Gasteiger partial charge in [0.15, 0.2) is 18.5 Å². The first kappa shape index (κ1) is 37.3. The molecule has 2 unspecified atom stereocenters. The molecule has 1 heterocycles. The fourth-order valence-corrected chi connectivity index (χ4v) is 7.10. The van der Waals surface area contributed by atoms with E-state index in [1.165, 1.54) is 69.4 Å². The van der Waals surface area contributed by atoms with Crippen LogP contribution in [0.15, 0.2) is 61.2 Å². The lowest BCUT2D eigenvalue weighted by Gasteiger charge is -2.34. The first-order valence-corrected chi connectivity index (χ1v) is 18.0. The highest BCUT2D eigenvalue weighted by Crippen LogP contribution is 2.42. The zero-order chi connectivity index (χ0) is 34.3. The van der Waals surface area contributed by atoms with Crippen molar-refractivity contribution in [2.75, 3.05) is 13.2 Å². The number of benzene rings is 2. The highest BCUT2D eigenvalue weighted by Gasteiger charge is 2.47. The highest BCUT2D eigenvalue weighted by atomic mass is 16.7. The standard InChI is InChI=1S/C40H54O8/c1-4-7-26-46-39(44)37-36(38(42)43)47-40(48-37)33-24-20-30(21-25-33)29-18-22-32(23-19-29)34(12-5-2)31-16-14-28(15-17-31)13-10-8-9-11-27-45-35(41)6-3/h6,18-25,28,31,34,36-37,40H,3-5,7-17,26-27H2,1-2H3,(H,42,43)/t28?,31?,34?,36-,37-,40?/m1/s1. The van der Waals surface area contributed by atoms with E-state index in [9.17, 15) is 19.5 Å². The second-order valence-corrected chi connectivity index (χ2v) is 13.3. The minimum atomic E-state index is -1.42. The predicted octanol–water partition coefficient (Wildman–Crippen LogP) is 8.93. The predicted molar refractivity (Wildman–Crippen MR) is 185 cm³/mol. The maximum atomic E-state index is 12.5. The number of hydrogen-bond acceptors (Lipinski definition) is 7. The maximum absolute atomic E-state index is 12.5. The molecule has 2 aromatic rings. The van der Waals surface area contributed by atoms with Crippen molar-refractivity contribution >= 4 is 17.9 Å². The fourth-order valence-electron chi connectivity index (χ4n) is 7.10. The monoisotopic (exact) mass is 662 g/mol. The van der Waals surface area contributed by atoms with Crippen molar-refractivity contribution in [1.82, 2.24) is 0 Å². The number of unbranched alkanes of at least 4 members (excludes halogenated alkanes) is 4. The Morgan fingerprint density at radius 1 is 0.812 bits per heavy atom. The van der Waals surface area contributed by atoms with Gasteiger partial charge in [0, 0.05) is 11.6 Å². The van der Waals surface area contributed by atoms with Gasteiger partial charge in [-0.05, 0) is 66.5 Å². The van der Waals surface area contributed by atoms with Crippen LogP contribution in [0.3, 0.4) is 0 Å². The van der Waals surface area contributed by atoms with Gasteiger partial charge in [-0.2, -0.15) is 0 Å². The Morgan fingerprint density at radius 2 is 1.44 bits per heavy atom. The Bertz CT molecular complexity index is 1300. The molecule has 1 aliphatic heterocycles. The summed E-state index contributed by atoms with van der Waals surface area (Å²) >= 11 is 0. The van der Waals surface area contributed by atoms with Crippen LogP contribution in [0.1, 0.15) is 121 Å². The summed E-state index contributed by atoms with van der Waals surface area (Å²) in [5.74, 6) is -0.175. The quantitative estimate of drug-likeness (QED) is 0.0903. The molecule has 0 bridgehead atoms. The van der Waals surface area contributed by atoms with Crippen LogP contribution in [0.5, 0.6) is 0 Å². The van der Waals surface area contributed by atoms with E-state index in [1.807, 2.05) is 31.2 Å². The van der Waals surface area contributed by atoms with Crippen LogP contribution in [-0.4, -0.2) is 48.4 Å². The summed E-state index contributed by atoms with van der Waals surface area (Å²) in [6.07, 6.45) is 12.5. The zero-order valence-corrected chi connectivity index (χ0v) is 28.8. The van der Waals surface area contributed by atoms with Crippen molar-refractivity contribution in [3.05, 3.63) is 72.3 Å². The van der Waals surface area contributed by atoms with Crippen molar-refractivity contribution in [3.8, 4) is 11.1 Å². The molecule has 4 atom stereocenters. The van der Waals surface area contributed by atoms with E-state index in [0.717, 1.165) is 42.2 Å². The molecule has 2 aromatic carbocycles. The summed E-state index contributed by atoms with van der Waals surface area (Å²) in [6.45, 7) is 8.40. The largest absolute Gasteiger partial charge is 0.479 e. The third-order valence-electron chi connectivity index (χ3n) is 9.87. The summed E-state index contributed by atoms with van der Waals surface area (Å²) < 4.78 is 21.6. The lowest BCUT2D eigenvalue weighted by molar-refractivity contribution is -0.161. The van der Waals surface area contributed by atoms with Crippen molar-refractivity contribution < 1.29 is 38.4 Å². The van der Waals surface area contributed by atoms with Gasteiger partial charge in [-0.15, -0.1) is 0 Å². The van der Waals surface area contributed by atoms with Crippen LogP contribution in [0.4, 0.5) is 0 Å². The zero-order valence-electron chi connectivity index (χ0n) is 28.8. The Labute approximate surface area is 286 Å². The molecule has 262 valence electrons. The van der Waals surface area contributed by atoms with Crippen LogP contribution in [-0.2, 0) is 33.3 Å². The molecule has 2 fully saturated rings. The topological polar surface area (TPSA) is 108 Å². The SMILES string of the molecule is C=CC(=O)OCCCCCCC1CCC(C(CCC)c2ccc(-c3ccc(C4O[C@@H](C(=O)O)[C@H](C(=O)OCCCC)O4)cc3)cc2)CC1. The summed E-state index contributed by atoms with van der Waals surface area (Å²) in [4.78, 5) is 35.4. The number of carbonyl (C=O) groups excluding carboxylic acids is 2. The number of esters is 2. The molecule has 0 aromatic heterocycles. The maximum Gasteiger partial charge on any atom is 0.338 e. The van der Waals surface area contributed by atoms with Gasteiger partial charge in [-0.1, -0.05) is 120 Å². The molecule has 1 saturated heterocycles. The van der Waals surface area contributed by atoms with Gasteiger partial charge in [0.05, 0.1) is 13.2 Å². The molecule has 8 nitrogen and oxygen atoms in total. The molecular weight excluding hydrogens is 608 g/mol. The molecule has 1 N–H and O–H groups in total. The van der Waals surface area contributed by atoms with Gasteiger partial charge < -0.3 is 24.1 Å². The number of carboxylic acids is 1. The number of carbonyl (C=O) groups is 3. The molecule has 0 amide bonds. The molecule has 1 saturated carbocycles. The molecule has 48 heavy (non-hydrogen) atoms. The lowest BCUT2D eigenvalue weighted by Crippen LogP contribution is -2.38.